The zero-order valence-corrected chi connectivity index (χ0v) is 14.4. The Hall–Kier alpha value is -2.52. The quantitative estimate of drug-likeness (QED) is 0.557. The Kier molecular flexibility index (Phi) is 6.21. The molecule has 0 atom stereocenters. The minimum atomic E-state index is -0.626. The molecule has 24 heavy (non-hydrogen) atoms. The van der Waals surface area contributed by atoms with Gasteiger partial charge in [-0.15, -0.1) is 0 Å². The van der Waals surface area contributed by atoms with Gasteiger partial charge < -0.3 is 14.6 Å². The first kappa shape index (κ1) is 17.8. The van der Waals surface area contributed by atoms with Gasteiger partial charge in [-0.2, -0.15) is 0 Å². The monoisotopic (exact) mass is 324 g/mol. The average molecular weight is 324 g/mol. The summed E-state index contributed by atoms with van der Waals surface area (Å²) in [6, 6.07) is 15.0. The normalized spacial score (nSPS) is 12.1. The van der Waals surface area contributed by atoms with Gasteiger partial charge in [0.2, 0.25) is 5.79 Å². The van der Waals surface area contributed by atoms with E-state index in [0.29, 0.717) is 6.61 Å². The topological polar surface area (TPSA) is 38.7 Å². The van der Waals surface area contributed by atoms with Crippen molar-refractivity contribution in [2.75, 3.05) is 6.61 Å². The number of allylic oxidation sites excluding steroid dienone is 2. The molecule has 0 aliphatic heterocycles. The molecule has 0 radical (unpaired) electrons. The highest BCUT2D eigenvalue weighted by atomic mass is 16.7. The van der Waals surface area contributed by atoms with Crippen LogP contribution in [0.2, 0.25) is 0 Å². The molecule has 0 bridgehead atoms. The SMILES string of the molecule is CCOC(C)(C)Oc1ccc(C=CC=Cc2ccc(O)cc2)cc1. The fourth-order valence-corrected chi connectivity index (χ4v) is 2.23. The van der Waals surface area contributed by atoms with Crippen LogP contribution in [-0.4, -0.2) is 17.5 Å². The number of phenols is 1. The molecular weight excluding hydrogens is 300 g/mol. The molecule has 0 unspecified atom stereocenters. The van der Waals surface area contributed by atoms with Crippen LogP contribution in [0.25, 0.3) is 12.2 Å². The van der Waals surface area contributed by atoms with Crippen molar-refractivity contribution in [1.82, 2.24) is 0 Å². The van der Waals surface area contributed by atoms with E-state index in [2.05, 4.69) is 0 Å². The van der Waals surface area contributed by atoms with Crippen molar-refractivity contribution in [3.8, 4) is 11.5 Å². The van der Waals surface area contributed by atoms with Gasteiger partial charge in [-0.3, -0.25) is 0 Å². The van der Waals surface area contributed by atoms with Crippen LogP contribution in [-0.2, 0) is 4.74 Å². The molecule has 0 amide bonds. The number of phenolic OH excluding ortho intramolecular Hbond substituents is 1. The van der Waals surface area contributed by atoms with E-state index in [9.17, 15) is 5.11 Å². The average Bonchev–Trinajstić information content (AvgIpc) is 2.54. The molecule has 0 saturated heterocycles. The highest BCUT2D eigenvalue weighted by Gasteiger charge is 2.18. The molecule has 126 valence electrons. The molecule has 0 saturated carbocycles. The maximum Gasteiger partial charge on any atom is 0.204 e. The zero-order chi connectivity index (χ0) is 17.4. The van der Waals surface area contributed by atoms with E-state index in [1.54, 1.807) is 12.1 Å². The van der Waals surface area contributed by atoms with E-state index in [-0.39, 0.29) is 5.75 Å². The van der Waals surface area contributed by atoms with E-state index in [1.807, 2.05) is 81.5 Å². The van der Waals surface area contributed by atoms with Crippen molar-refractivity contribution in [3.05, 3.63) is 71.8 Å². The molecule has 0 heterocycles. The summed E-state index contributed by atoms with van der Waals surface area (Å²) in [5.74, 6) is 0.432. The van der Waals surface area contributed by atoms with E-state index in [4.69, 9.17) is 9.47 Å². The molecule has 2 aromatic rings. The molecular formula is C21H24O3. The third-order valence-corrected chi connectivity index (χ3v) is 3.32. The lowest BCUT2D eigenvalue weighted by Gasteiger charge is -2.26. The van der Waals surface area contributed by atoms with Gasteiger partial charge in [0.05, 0.1) is 0 Å². The van der Waals surface area contributed by atoms with Gasteiger partial charge in [-0.25, -0.2) is 0 Å². The van der Waals surface area contributed by atoms with E-state index in [1.165, 1.54) is 0 Å². The Morgan fingerprint density at radius 3 is 1.88 bits per heavy atom. The fourth-order valence-electron chi connectivity index (χ4n) is 2.23. The number of rotatable bonds is 7. The third-order valence-electron chi connectivity index (χ3n) is 3.32. The van der Waals surface area contributed by atoms with Gasteiger partial charge in [0.15, 0.2) is 0 Å². The molecule has 2 rings (SSSR count). The Morgan fingerprint density at radius 1 is 0.875 bits per heavy atom. The number of ether oxygens (including phenoxy) is 2. The van der Waals surface area contributed by atoms with Crippen LogP contribution in [0.5, 0.6) is 11.5 Å². The van der Waals surface area contributed by atoms with Gasteiger partial charge in [0, 0.05) is 20.5 Å². The Bertz CT molecular complexity index is 680. The molecule has 3 nitrogen and oxygen atoms in total. The summed E-state index contributed by atoms with van der Waals surface area (Å²) in [5, 5.41) is 9.24. The van der Waals surface area contributed by atoms with Crippen LogP contribution < -0.4 is 4.74 Å². The predicted octanol–water partition coefficient (Wildman–Crippen LogP) is 5.27. The van der Waals surface area contributed by atoms with Crippen molar-refractivity contribution in [3.63, 3.8) is 0 Å². The minimum Gasteiger partial charge on any atom is -0.508 e. The van der Waals surface area contributed by atoms with Crippen LogP contribution in [0.3, 0.4) is 0 Å². The summed E-state index contributed by atoms with van der Waals surface area (Å²) in [5.41, 5.74) is 2.13. The van der Waals surface area contributed by atoms with Crippen LogP contribution in [0.1, 0.15) is 31.9 Å². The number of benzene rings is 2. The molecule has 0 aliphatic carbocycles. The Labute approximate surface area is 143 Å². The Morgan fingerprint density at radius 2 is 1.38 bits per heavy atom. The highest BCUT2D eigenvalue weighted by Crippen LogP contribution is 2.20. The van der Waals surface area contributed by atoms with Crippen LogP contribution in [0.15, 0.2) is 60.7 Å². The lowest BCUT2D eigenvalue weighted by molar-refractivity contribution is -0.152. The molecule has 1 N–H and O–H groups in total. The first-order chi connectivity index (χ1) is 11.5. The van der Waals surface area contributed by atoms with Gasteiger partial charge >= 0.3 is 0 Å². The standard InChI is InChI=1S/C21H24O3/c1-4-23-21(2,3)24-20-15-11-18(12-16-20)8-6-5-7-17-9-13-19(22)14-10-17/h5-16,22H,4H2,1-3H3. The first-order valence-electron chi connectivity index (χ1n) is 8.05. The van der Waals surface area contributed by atoms with E-state index < -0.39 is 5.79 Å². The molecule has 0 spiro atoms. The minimum absolute atomic E-state index is 0.275. The zero-order valence-electron chi connectivity index (χ0n) is 14.4. The highest BCUT2D eigenvalue weighted by molar-refractivity contribution is 5.57. The van der Waals surface area contributed by atoms with Crippen molar-refractivity contribution in [1.29, 1.82) is 0 Å². The maximum absolute atomic E-state index is 9.24. The lowest BCUT2D eigenvalue weighted by atomic mass is 10.1. The van der Waals surface area contributed by atoms with Crippen LogP contribution in [0.4, 0.5) is 0 Å². The van der Waals surface area contributed by atoms with Crippen molar-refractivity contribution in [2.24, 2.45) is 0 Å². The van der Waals surface area contributed by atoms with Gasteiger partial charge in [0.1, 0.15) is 11.5 Å². The summed E-state index contributed by atoms with van der Waals surface area (Å²) in [6.45, 7) is 6.36. The second-order valence-electron chi connectivity index (χ2n) is 5.81. The van der Waals surface area contributed by atoms with Crippen molar-refractivity contribution in [2.45, 2.75) is 26.6 Å². The predicted molar refractivity (Wildman–Crippen MR) is 98.9 cm³/mol. The molecule has 0 aliphatic rings. The maximum atomic E-state index is 9.24. The summed E-state index contributed by atoms with van der Waals surface area (Å²) in [4.78, 5) is 0. The second kappa shape index (κ2) is 8.37. The molecule has 0 aromatic heterocycles. The van der Waals surface area contributed by atoms with Crippen LogP contribution in [0, 0.1) is 0 Å². The van der Waals surface area contributed by atoms with Gasteiger partial charge in [-0.05, 0) is 42.3 Å². The third kappa shape index (κ3) is 5.94. The molecule has 0 fully saturated rings. The van der Waals surface area contributed by atoms with Gasteiger partial charge in [-0.1, -0.05) is 48.6 Å². The van der Waals surface area contributed by atoms with Gasteiger partial charge in [0.25, 0.3) is 0 Å². The van der Waals surface area contributed by atoms with E-state index in [0.717, 1.165) is 16.9 Å². The summed E-state index contributed by atoms with van der Waals surface area (Å²) >= 11 is 0. The number of hydrogen-bond acceptors (Lipinski definition) is 3. The summed E-state index contributed by atoms with van der Waals surface area (Å²) < 4.78 is 11.3. The summed E-state index contributed by atoms with van der Waals surface area (Å²) in [6.07, 6.45) is 7.95. The number of hydrogen-bond donors (Lipinski definition) is 1. The Balaban J connectivity index is 1.92. The lowest BCUT2D eigenvalue weighted by Crippen LogP contribution is -2.31. The van der Waals surface area contributed by atoms with E-state index >= 15 is 0 Å². The fraction of sp³-hybridized carbons (Fsp3) is 0.238. The first-order valence-corrected chi connectivity index (χ1v) is 8.05. The molecule has 2 aromatic carbocycles. The van der Waals surface area contributed by atoms with Crippen molar-refractivity contribution >= 4 is 12.2 Å². The largest absolute Gasteiger partial charge is 0.508 e. The second-order valence-corrected chi connectivity index (χ2v) is 5.81. The summed E-state index contributed by atoms with van der Waals surface area (Å²) in [7, 11) is 0. The smallest absolute Gasteiger partial charge is 0.204 e. The number of aromatic hydroxyl groups is 1. The van der Waals surface area contributed by atoms with Crippen LogP contribution >= 0.6 is 0 Å². The van der Waals surface area contributed by atoms with Crippen molar-refractivity contribution < 1.29 is 14.6 Å². The molecule has 3 heteroatoms.